The normalized spacial score (nSPS) is 12.6. The zero-order valence-corrected chi connectivity index (χ0v) is 11.0. The van der Waals surface area contributed by atoms with Crippen molar-refractivity contribution < 1.29 is 5.11 Å². The number of nitrogens with zero attached hydrogens (tertiary/aromatic N) is 2. The number of nitrogen functional groups attached to an aromatic ring is 1. The van der Waals surface area contributed by atoms with Gasteiger partial charge in [0.15, 0.2) is 0 Å². The van der Waals surface area contributed by atoms with Crippen molar-refractivity contribution >= 4 is 33.3 Å². The van der Waals surface area contributed by atoms with Crippen LogP contribution in [0.15, 0.2) is 11.4 Å². The van der Waals surface area contributed by atoms with E-state index in [-0.39, 0.29) is 6.10 Å². The summed E-state index contributed by atoms with van der Waals surface area (Å²) in [7, 11) is 0. The van der Waals surface area contributed by atoms with Gasteiger partial charge >= 0.3 is 0 Å². The Morgan fingerprint density at radius 2 is 2.33 bits per heavy atom. The fourth-order valence-corrected chi connectivity index (χ4v) is 2.42. The lowest BCUT2D eigenvalue weighted by atomic mass is 10.2. The topological polar surface area (TPSA) is 96.1 Å². The minimum absolute atomic E-state index is 0.264. The minimum Gasteiger partial charge on any atom is -0.393 e. The Balaban J connectivity index is 2.08. The highest BCUT2D eigenvalue weighted by atomic mass is 32.1. The van der Waals surface area contributed by atoms with Crippen molar-refractivity contribution in [3.63, 3.8) is 0 Å². The van der Waals surface area contributed by atoms with Crippen LogP contribution in [0.25, 0.3) is 10.2 Å². The van der Waals surface area contributed by atoms with Gasteiger partial charge in [-0.2, -0.15) is 4.98 Å². The summed E-state index contributed by atoms with van der Waals surface area (Å²) >= 11 is 1.55. The maximum Gasteiger partial charge on any atom is 0.240 e. The number of hydrogen-bond acceptors (Lipinski definition) is 7. The van der Waals surface area contributed by atoms with Crippen molar-refractivity contribution in [2.24, 2.45) is 5.84 Å². The van der Waals surface area contributed by atoms with Crippen molar-refractivity contribution in [1.82, 2.24) is 9.97 Å². The molecule has 0 amide bonds. The molecule has 0 radical (unpaired) electrons. The summed E-state index contributed by atoms with van der Waals surface area (Å²) in [5.74, 6) is 6.52. The van der Waals surface area contributed by atoms with Gasteiger partial charge < -0.3 is 10.4 Å². The number of hydrazine groups is 1. The summed E-state index contributed by atoms with van der Waals surface area (Å²) in [4.78, 5) is 9.46. The molecular weight excluding hydrogens is 250 g/mol. The van der Waals surface area contributed by atoms with Crippen LogP contribution >= 0.6 is 11.3 Å². The molecule has 0 bridgehead atoms. The van der Waals surface area contributed by atoms with Crippen LogP contribution in [-0.4, -0.2) is 27.7 Å². The van der Waals surface area contributed by atoms with E-state index in [9.17, 15) is 5.11 Å². The number of nitrogens with two attached hydrogens (primary N) is 1. The molecule has 0 fully saturated rings. The van der Waals surface area contributed by atoms with Crippen molar-refractivity contribution in [3.05, 3.63) is 11.4 Å². The van der Waals surface area contributed by atoms with E-state index >= 15 is 0 Å². The van der Waals surface area contributed by atoms with Crippen LogP contribution in [0.1, 0.15) is 19.8 Å². The Bertz CT molecular complexity index is 513. The van der Waals surface area contributed by atoms with E-state index in [1.54, 1.807) is 18.3 Å². The number of anilines is 2. The Labute approximate surface area is 109 Å². The zero-order chi connectivity index (χ0) is 13.0. The van der Waals surface area contributed by atoms with Crippen LogP contribution < -0.4 is 16.6 Å². The van der Waals surface area contributed by atoms with Crippen molar-refractivity contribution in [2.75, 3.05) is 17.3 Å². The van der Waals surface area contributed by atoms with Crippen LogP contribution in [-0.2, 0) is 0 Å². The fourth-order valence-electron chi connectivity index (χ4n) is 1.66. The molecule has 0 saturated heterocycles. The third kappa shape index (κ3) is 3.06. The first-order valence-electron chi connectivity index (χ1n) is 5.84. The molecular formula is C11H17N5OS. The number of nitrogens with one attached hydrogen (secondary N) is 2. The molecule has 2 aromatic rings. The first-order valence-corrected chi connectivity index (χ1v) is 6.72. The minimum atomic E-state index is -0.264. The molecule has 0 aliphatic heterocycles. The van der Waals surface area contributed by atoms with E-state index in [2.05, 4.69) is 20.7 Å². The standard InChI is InChI=1S/C11H17N5OS/c1-7(17)3-2-5-13-9-8-4-6-18-10(8)15-11(14-9)16-12/h4,6-7,17H,2-3,5,12H2,1H3,(H2,13,14,15,16). The van der Waals surface area contributed by atoms with Crippen LogP contribution in [0, 0.1) is 0 Å². The number of aliphatic hydroxyl groups excluding tert-OH is 1. The number of fused-ring (bicyclic) bond motifs is 1. The first-order chi connectivity index (χ1) is 8.70. The molecule has 2 rings (SSSR count). The van der Waals surface area contributed by atoms with E-state index in [4.69, 9.17) is 5.84 Å². The highest BCUT2D eigenvalue weighted by Crippen LogP contribution is 2.26. The van der Waals surface area contributed by atoms with Crippen LogP contribution in [0.3, 0.4) is 0 Å². The summed E-state index contributed by atoms with van der Waals surface area (Å²) in [5, 5.41) is 15.4. The van der Waals surface area contributed by atoms with E-state index < -0.39 is 0 Å². The molecule has 0 aromatic carbocycles. The molecule has 5 N–H and O–H groups in total. The second-order valence-electron chi connectivity index (χ2n) is 4.10. The van der Waals surface area contributed by atoms with Crippen LogP contribution in [0.2, 0.25) is 0 Å². The first kappa shape index (κ1) is 13.0. The smallest absolute Gasteiger partial charge is 0.240 e. The summed E-state index contributed by atoms with van der Waals surface area (Å²) in [6.45, 7) is 2.55. The summed E-state index contributed by atoms with van der Waals surface area (Å²) in [5.41, 5.74) is 2.46. The van der Waals surface area contributed by atoms with Crippen LogP contribution in [0.4, 0.5) is 11.8 Å². The Morgan fingerprint density at radius 1 is 1.50 bits per heavy atom. The maximum atomic E-state index is 9.19. The number of aliphatic hydroxyl groups is 1. The lowest BCUT2D eigenvalue weighted by Gasteiger charge is -2.09. The molecule has 0 aliphatic rings. The van der Waals surface area contributed by atoms with Crippen molar-refractivity contribution in [3.8, 4) is 0 Å². The van der Waals surface area contributed by atoms with Gasteiger partial charge in [-0.3, -0.25) is 5.43 Å². The number of thiophene rings is 1. The lowest BCUT2D eigenvalue weighted by Crippen LogP contribution is -2.13. The number of hydrogen-bond donors (Lipinski definition) is 4. The highest BCUT2D eigenvalue weighted by Gasteiger charge is 2.07. The van der Waals surface area contributed by atoms with Gasteiger partial charge in [0.05, 0.1) is 11.5 Å². The van der Waals surface area contributed by atoms with Gasteiger partial charge in [-0.05, 0) is 31.2 Å². The predicted molar refractivity (Wildman–Crippen MR) is 74.6 cm³/mol. The lowest BCUT2D eigenvalue weighted by molar-refractivity contribution is 0.183. The summed E-state index contributed by atoms with van der Waals surface area (Å²) in [6, 6.07) is 1.98. The quantitative estimate of drug-likeness (QED) is 0.360. The van der Waals surface area contributed by atoms with Gasteiger partial charge in [-0.15, -0.1) is 11.3 Å². The van der Waals surface area contributed by atoms with Crippen LogP contribution in [0.5, 0.6) is 0 Å². The fraction of sp³-hybridized carbons (Fsp3) is 0.455. The van der Waals surface area contributed by atoms with Gasteiger partial charge in [-0.1, -0.05) is 0 Å². The van der Waals surface area contributed by atoms with Gasteiger partial charge in [0.25, 0.3) is 0 Å². The summed E-state index contributed by atoms with van der Waals surface area (Å²) < 4.78 is 0. The van der Waals surface area contributed by atoms with E-state index in [1.165, 1.54) is 0 Å². The zero-order valence-electron chi connectivity index (χ0n) is 10.2. The van der Waals surface area contributed by atoms with Gasteiger partial charge in [-0.25, -0.2) is 10.8 Å². The van der Waals surface area contributed by atoms with E-state index in [0.717, 1.165) is 35.4 Å². The highest BCUT2D eigenvalue weighted by molar-refractivity contribution is 7.16. The van der Waals surface area contributed by atoms with Crippen molar-refractivity contribution in [2.45, 2.75) is 25.9 Å². The van der Waals surface area contributed by atoms with Gasteiger partial charge in [0.1, 0.15) is 10.6 Å². The molecule has 6 nitrogen and oxygen atoms in total. The molecule has 2 heterocycles. The maximum absolute atomic E-state index is 9.19. The Morgan fingerprint density at radius 3 is 3.06 bits per heavy atom. The van der Waals surface area contributed by atoms with Gasteiger partial charge in [0.2, 0.25) is 5.95 Å². The molecule has 1 atom stereocenters. The molecule has 0 aliphatic carbocycles. The molecule has 18 heavy (non-hydrogen) atoms. The Hall–Kier alpha value is -1.44. The average molecular weight is 267 g/mol. The van der Waals surface area contributed by atoms with Crippen molar-refractivity contribution in [1.29, 1.82) is 0 Å². The van der Waals surface area contributed by atoms with E-state index in [0.29, 0.717) is 5.95 Å². The molecule has 2 aromatic heterocycles. The molecule has 7 heteroatoms. The second kappa shape index (κ2) is 5.94. The molecule has 0 saturated carbocycles. The number of rotatable bonds is 6. The monoisotopic (exact) mass is 267 g/mol. The second-order valence-corrected chi connectivity index (χ2v) is 4.99. The third-order valence-corrected chi connectivity index (χ3v) is 3.35. The largest absolute Gasteiger partial charge is 0.393 e. The number of aromatic nitrogens is 2. The average Bonchev–Trinajstić information content (AvgIpc) is 2.82. The van der Waals surface area contributed by atoms with E-state index in [1.807, 2.05) is 11.4 Å². The SMILES string of the molecule is CC(O)CCCNc1nc(NN)nc2sccc12. The molecule has 0 spiro atoms. The van der Waals surface area contributed by atoms with Gasteiger partial charge in [0, 0.05) is 6.54 Å². The molecule has 1 unspecified atom stereocenters. The Kier molecular flexibility index (Phi) is 4.29. The summed E-state index contributed by atoms with van der Waals surface area (Å²) in [6.07, 6.45) is 1.39. The third-order valence-electron chi connectivity index (χ3n) is 2.55. The predicted octanol–water partition coefficient (Wildman–Crippen LogP) is 1.55. The molecule has 98 valence electrons.